The lowest BCUT2D eigenvalue weighted by atomic mass is 10.1. The molecule has 5 heteroatoms. The minimum Gasteiger partial charge on any atom is -0.494 e. The molecular formula is C16H25N2O3+. The van der Waals surface area contributed by atoms with Crippen molar-refractivity contribution >= 4 is 11.8 Å². The minimum absolute atomic E-state index is 0.289. The average molecular weight is 293 g/mol. The zero-order valence-corrected chi connectivity index (χ0v) is 12.7. The third kappa shape index (κ3) is 5.73. The van der Waals surface area contributed by atoms with Gasteiger partial charge in [-0.1, -0.05) is 13.3 Å². The number of nitrogens with two attached hydrogens (primary N) is 1. The highest BCUT2D eigenvalue weighted by Gasteiger charge is 2.14. The van der Waals surface area contributed by atoms with E-state index in [9.17, 15) is 4.79 Å². The Bertz CT molecular complexity index is 428. The Labute approximate surface area is 126 Å². The molecule has 0 atom stereocenters. The summed E-state index contributed by atoms with van der Waals surface area (Å²) in [4.78, 5) is 14.0. The molecule has 0 radical (unpaired) electrons. The van der Waals surface area contributed by atoms with Crippen LogP contribution in [0, 0.1) is 0 Å². The highest BCUT2D eigenvalue weighted by Crippen LogP contribution is 2.12. The number of amides is 1. The summed E-state index contributed by atoms with van der Waals surface area (Å²) in [6, 6.07) is 7.49. The molecule has 0 bridgehead atoms. The van der Waals surface area contributed by atoms with Gasteiger partial charge >= 0.3 is 6.09 Å². The fraction of sp³-hybridized carbons (Fsp3) is 0.562. The first kappa shape index (κ1) is 15.8. The molecule has 116 valence electrons. The van der Waals surface area contributed by atoms with E-state index in [2.05, 4.69) is 11.8 Å². The number of likely N-dealkylation sites (tertiary alicyclic amines) is 1. The summed E-state index contributed by atoms with van der Waals surface area (Å²) in [7, 11) is 0. The molecule has 5 nitrogen and oxygen atoms in total. The smallest absolute Gasteiger partial charge is 0.494 e. The predicted molar refractivity (Wildman–Crippen MR) is 80.6 cm³/mol. The van der Waals surface area contributed by atoms with E-state index in [1.807, 2.05) is 24.3 Å². The van der Waals surface area contributed by atoms with Crippen LogP contribution in [-0.2, 0) is 4.74 Å². The maximum atomic E-state index is 11.8. The molecular weight excluding hydrogens is 268 g/mol. The maximum Gasteiger partial charge on any atom is 0.519 e. The Morgan fingerprint density at radius 1 is 1.19 bits per heavy atom. The van der Waals surface area contributed by atoms with Crippen molar-refractivity contribution in [3.05, 3.63) is 24.3 Å². The van der Waals surface area contributed by atoms with E-state index in [0.29, 0.717) is 13.3 Å². The van der Waals surface area contributed by atoms with Gasteiger partial charge in [-0.15, -0.1) is 0 Å². The Morgan fingerprint density at radius 3 is 2.57 bits per heavy atom. The average Bonchev–Trinajstić information content (AvgIpc) is 2.53. The van der Waals surface area contributed by atoms with Gasteiger partial charge in [0.2, 0.25) is 0 Å². The largest absolute Gasteiger partial charge is 0.519 e. The van der Waals surface area contributed by atoms with Crippen LogP contribution in [0.15, 0.2) is 24.3 Å². The van der Waals surface area contributed by atoms with Gasteiger partial charge in [-0.05, 0) is 31.4 Å². The van der Waals surface area contributed by atoms with Crippen molar-refractivity contribution in [2.24, 2.45) is 0 Å². The van der Waals surface area contributed by atoms with Gasteiger partial charge in [0.1, 0.15) is 11.4 Å². The second-order valence-corrected chi connectivity index (χ2v) is 5.33. The number of carbonyl (C=O) groups is 1. The third-order valence-electron chi connectivity index (χ3n) is 3.48. The van der Waals surface area contributed by atoms with E-state index in [4.69, 9.17) is 9.47 Å². The molecule has 0 saturated carbocycles. The molecule has 1 aromatic carbocycles. The Hall–Kier alpha value is -1.59. The van der Waals surface area contributed by atoms with E-state index in [-0.39, 0.29) is 6.09 Å². The summed E-state index contributed by atoms with van der Waals surface area (Å²) < 4.78 is 10.8. The zero-order valence-electron chi connectivity index (χ0n) is 12.7. The second-order valence-electron chi connectivity index (χ2n) is 5.33. The molecule has 2 N–H and O–H groups in total. The number of benzene rings is 1. The first-order valence-corrected chi connectivity index (χ1v) is 7.74. The number of nitrogens with zero attached hydrogens (tertiary/aromatic N) is 1. The van der Waals surface area contributed by atoms with Crippen LogP contribution < -0.4 is 10.1 Å². The lowest BCUT2D eigenvalue weighted by molar-refractivity contribution is -0.483. The summed E-state index contributed by atoms with van der Waals surface area (Å²) >= 11 is 0. The number of piperidine rings is 1. The number of quaternary nitrogens is 1. The highest BCUT2D eigenvalue weighted by atomic mass is 16.6. The lowest BCUT2D eigenvalue weighted by Crippen LogP contribution is -2.82. The van der Waals surface area contributed by atoms with Crippen molar-refractivity contribution in [3.63, 3.8) is 0 Å². The maximum absolute atomic E-state index is 11.8. The Morgan fingerprint density at radius 2 is 1.90 bits per heavy atom. The molecule has 0 spiro atoms. The summed E-state index contributed by atoms with van der Waals surface area (Å²) in [5.74, 6) is 0.829. The fourth-order valence-electron chi connectivity index (χ4n) is 2.30. The molecule has 1 aliphatic rings. The fourth-order valence-corrected chi connectivity index (χ4v) is 2.30. The quantitative estimate of drug-likeness (QED) is 0.817. The van der Waals surface area contributed by atoms with Crippen molar-refractivity contribution in [2.75, 3.05) is 26.4 Å². The standard InChI is InChI=1S/C16H24N2O3/c1-2-12-20-15-8-6-14(7-9-15)17-16(19)21-13-18-10-4-3-5-11-18/h6-9H,2-5,10-13H2,1H3,(H,17,19)/p+1. The topological polar surface area (TPSA) is 55.4 Å². The van der Waals surface area contributed by atoms with Gasteiger partial charge in [-0.3, -0.25) is 4.90 Å². The van der Waals surface area contributed by atoms with E-state index >= 15 is 0 Å². The molecule has 1 saturated heterocycles. The van der Waals surface area contributed by atoms with Crippen LogP contribution in [0.25, 0.3) is 0 Å². The Balaban J connectivity index is 1.71. The van der Waals surface area contributed by atoms with E-state index in [1.54, 1.807) is 0 Å². The van der Waals surface area contributed by atoms with Gasteiger partial charge in [0.25, 0.3) is 0 Å². The number of hydrogen-bond acceptors (Lipinski definition) is 4. The van der Waals surface area contributed by atoms with Gasteiger partial charge in [0.15, 0.2) is 6.73 Å². The normalized spacial score (nSPS) is 15.7. The number of hydrogen-bond donors (Lipinski definition) is 1. The predicted octanol–water partition coefficient (Wildman–Crippen LogP) is 2.25. The second kappa shape index (κ2) is 8.64. The van der Waals surface area contributed by atoms with Gasteiger partial charge in [0.05, 0.1) is 6.61 Å². The molecule has 0 aromatic heterocycles. The van der Waals surface area contributed by atoms with Gasteiger partial charge < -0.3 is 9.47 Å². The number of ether oxygens (including phenoxy) is 2. The van der Waals surface area contributed by atoms with E-state index in [1.165, 1.54) is 24.6 Å². The van der Waals surface area contributed by atoms with Crippen LogP contribution in [0.2, 0.25) is 0 Å². The van der Waals surface area contributed by atoms with Crippen molar-refractivity contribution < 1.29 is 19.6 Å². The molecule has 2 rings (SSSR count). The molecule has 0 aliphatic carbocycles. The molecule has 1 aliphatic heterocycles. The molecule has 1 heterocycles. The Kier molecular flexibility index (Phi) is 6.50. The molecule has 0 unspecified atom stereocenters. The third-order valence-corrected chi connectivity index (χ3v) is 3.48. The minimum atomic E-state index is -0.289. The summed E-state index contributed by atoms with van der Waals surface area (Å²) in [6.45, 7) is 5.22. The highest BCUT2D eigenvalue weighted by molar-refractivity contribution is 5.59. The first-order valence-electron chi connectivity index (χ1n) is 7.74. The van der Waals surface area contributed by atoms with Crippen LogP contribution in [0.1, 0.15) is 32.6 Å². The van der Waals surface area contributed by atoms with Crippen molar-refractivity contribution in [2.45, 2.75) is 32.6 Å². The number of rotatable bonds is 6. The monoisotopic (exact) mass is 293 g/mol. The van der Waals surface area contributed by atoms with Gasteiger partial charge in [-0.25, -0.2) is 5.32 Å². The first-order chi connectivity index (χ1) is 10.3. The molecule has 1 amide bonds. The summed E-state index contributed by atoms with van der Waals surface area (Å²) in [5.41, 5.74) is 0.836. The van der Waals surface area contributed by atoms with Gasteiger partial charge in [-0.2, -0.15) is 4.79 Å². The van der Waals surface area contributed by atoms with E-state index in [0.717, 1.165) is 30.9 Å². The number of carbonyl (C=O) groups excluding carboxylic acids is 1. The van der Waals surface area contributed by atoms with Crippen LogP contribution >= 0.6 is 0 Å². The summed E-state index contributed by atoms with van der Waals surface area (Å²) in [6.07, 6.45) is 4.36. The van der Waals surface area contributed by atoms with Crippen molar-refractivity contribution in [1.82, 2.24) is 4.90 Å². The van der Waals surface area contributed by atoms with Crippen molar-refractivity contribution in [3.8, 4) is 5.75 Å². The molecule has 1 aromatic rings. The van der Waals surface area contributed by atoms with Crippen LogP contribution in [0.3, 0.4) is 0 Å². The van der Waals surface area contributed by atoms with Gasteiger partial charge in [0, 0.05) is 25.2 Å². The van der Waals surface area contributed by atoms with E-state index < -0.39 is 0 Å². The molecule has 1 fully saturated rings. The van der Waals surface area contributed by atoms with Crippen LogP contribution in [-0.4, -0.2) is 37.4 Å². The SMILES string of the molecule is CCCOc1ccc([NH2+]C(=O)OCN2CCCCC2)cc1. The summed E-state index contributed by atoms with van der Waals surface area (Å²) in [5, 5.41) is 1.52. The number of primary amides is 1. The van der Waals surface area contributed by atoms with Crippen LogP contribution in [0.4, 0.5) is 10.5 Å². The zero-order chi connectivity index (χ0) is 14.9. The van der Waals surface area contributed by atoms with Crippen LogP contribution in [0.5, 0.6) is 5.75 Å². The lowest BCUT2D eigenvalue weighted by Gasteiger charge is -2.24. The van der Waals surface area contributed by atoms with Crippen molar-refractivity contribution in [1.29, 1.82) is 0 Å². The molecule has 21 heavy (non-hydrogen) atoms.